The van der Waals surface area contributed by atoms with Crippen molar-refractivity contribution < 1.29 is 4.74 Å². The van der Waals surface area contributed by atoms with Gasteiger partial charge < -0.3 is 10.1 Å². The highest BCUT2D eigenvalue weighted by Crippen LogP contribution is 2.31. The van der Waals surface area contributed by atoms with Gasteiger partial charge in [0.1, 0.15) is 17.1 Å². The zero-order valence-electron chi connectivity index (χ0n) is 18.1. The number of anilines is 1. The van der Waals surface area contributed by atoms with Crippen LogP contribution in [0.15, 0.2) is 84.9 Å². The normalized spacial score (nSPS) is 11.4. The molecule has 0 aliphatic carbocycles. The summed E-state index contributed by atoms with van der Waals surface area (Å²) < 4.78 is 7.73. The van der Waals surface area contributed by atoms with Crippen LogP contribution < -0.4 is 10.1 Å². The van der Waals surface area contributed by atoms with Gasteiger partial charge in [0.2, 0.25) is 5.95 Å². The van der Waals surface area contributed by atoms with E-state index in [0.29, 0.717) is 12.5 Å². The molecule has 0 saturated carbocycles. The molecule has 3 aromatic carbocycles. The van der Waals surface area contributed by atoms with Gasteiger partial charge in [0.15, 0.2) is 0 Å². The van der Waals surface area contributed by atoms with Crippen LogP contribution >= 0.6 is 0 Å². The third kappa shape index (κ3) is 3.58. The second-order valence-electron chi connectivity index (χ2n) is 7.53. The van der Waals surface area contributed by atoms with Crippen molar-refractivity contribution in [3.05, 3.63) is 96.2 Å². The monoisotopic (exact) mass is 420 g/mol. The Morgan fingerprint density at radius 2 is 1.75 bits per heavy atom. The number of methoxy groups -OCH3 is 1. The van der Waals surface area contributed by atoms with Gasteiger partial charge >= 0.3 is 0 Å². The summed E-state index contributed by atoms with van der Waals surface area (Å²) in [5.74, 6) is 2.10. The molecule has 0 fully saturated rings. The summed E-state index contributed by atoms with van der Waals surface area (Å²) in [6, 6.07) is 26.7. The van der Waals surface area contributed by atoms with Gasteiger partial charge in [0, 0.05) is 23.0 Å². The van der Waals surface area contributed by atoms with Crippen LogP contribution in [-0.2, 0) is 6.54 Å². The summed E-state index contributed by atoms with van der Waals surface area (Å²) in [4.78, 5) is 9.93. The lowest BCUT2D eigenvalue weighted by Crippen LogP contribution is -2.09. The molecule has 5 heteroatoms. The molecule has 2 heterocycles. The molecule has 0 bridgehead atoms. The standard InChI is InChI=1S/C27H24N4O/c1-3-10-21-17-20-13-7-8-15-23(20)31(21)27-29-25-22(14-9-16-24(25)32-2)26(30-27)28-18-19-11-5-4-6-12-19/h3-17H,18H2,1-2H3,(H,28,29,30). The van der Waals surface area contributed by atoms with Gasteiger partial charge in [-0.2, -0.15) is 4.98 Å². The van der Waals surface area contributed by atoms with Crippen molar-refractivity contribution in [1.82, 2.24) is 14.5 Å². The molecule has 0 saturated heterocycles. The average Bonchev–Trinajstić information content (AvgIpc) is 3.21. The Bertz CT molecular complexity index is 1420. The molecule has 0 spiro atoms. The average molecular weight is 421 g/mol. The maximum atomic E-state index is 5.64. The van der Waals surface area contributed by atoms with E-state index < -0.39 is 0 Å². The number of ether oxygens (including phenoxy) is 1. The van der Waals surface area contributed by atoms with Crippen LogP contribution in [0, 0.1) is 0 Å². The minimum Gasteiger partial charge on any atom is -0.494 e. The predicted octanol–water partition coefficient (Wildman–Crippen LogP) is 6.23. The van der Waals surface area contributed by atoms with Gasteiger partial charge in [-0.15, -0.1) is 0 Å². The fourth-order valence-electron chi connectivity index (χ4n) is 3.99. The molecule has 0 atom stereocenters. The lowest BCUT2D eigenvalue weighted by Gasteiger charge is -2.14. The molecule has 0 aliphatic heterocycles. The second kappa shape index (κ2) is 8.55. The van der Waals surface area contributed by atoms with Crippen LogP contribution in [0.1, 0.15) is 18.2 Å². The summed E-state index contributed by atoms with van der Waals surface area (Å²) in [6.07, 6.45) is 4.10. The number of aromatic nitrogens is 3. The molecule has 5 nitrogen and oxygen atoms in total. The molecule has 0 amide bonds. The molecule has 32 heavy (non-hydrogen) atoms. The first-order chi connectivity index (χ1) is 15.8. The smallest absolute Gasteiger partial charge is 0.237 e. The number of para-hydroxylation sites is 2. The number of hydrogen-bond acceptors (Lipinski definition) is 4. The summed E-state index contributed by atoms with van der Waals surface area (Å²) in [7, 11) is 1.67. The summed E-state index contributed by atoms with van der Waals surface area (Å²) >= 11 is 0. The number of rotatable bonds is 6. The predicted molar refractivity (Wildman–Crippen MR) is 131 cm³/mol. The Morgan fingerprint density at radius 1 is 0.938 bits per heavy atom. The Labute approximate surface area is 187 Å². The van der Waals surface area contributed by atoms with Crippen molar-refractivity contribution >= 4 is 33.7 Å². The first kappa shape index (κ1) is 19.8. The van der Waals surface area contributed by atoms with E-state index in [1.807, 2.05) is 61.5 Å². The molecular formula is C27H24N4O. The second-order valence-corrected chi connectivity index (χ2v) is 7.53. The maximum Gasteiger partial charge on any atom is 0.237 e. The number of nitrogens with one attached hydrogen (secondary N) is 1. The third-order valence-corrected chi connectivity index (χ3v) is 5.48. The van der Waals surface area contributed by atoms with Crippen molar-refractivity contribution in [2.24, 2.45) is 0 Å². The zero-order chi connectivity index (χ0) is 21.9. The highest BCUT2D eigenvalue weighted by atomic mass is 16.5. The van der Waals surface area contributed by atoms with Crippen molar-refractivity contribution in [1.29, 1.82) is 0 Å². The topological polar surface area (TPSA) is 52.0 Å². The Hall–Kier alpha value is -4.12. The van der Waals surface area contributed by atoms with Gasteiger partial charge in [0.25, 0.3) is 0 Å². The molecule has 5 rings (SSSR count). The fourth-order valence-corrected chi connectivity index (χ4v) is 3.99. The maximum absolute atomic E-state index is 5.64. The Morgan fingerprint density at radius 3 is 2.56 bits per heavy atom. The van der Waals surface area contributed by atoms with Gasteiger partial charge in [0.05, 0.1) is 12.6 Å². The van der Waals surface area contributed by atoms with Gasteiger partial charge in [-0.25, -0.2) is 4.98 Å². The number of allylic oxidation sites excluding steroid dienone is 1. The highest BCUT2D eigenvalue weighted by Gasteiger charge is 2.16. The van der Waals surface area contributed by atoms with E-state index in [9.17, 15) is 0 Å². The van der Waals surface area contributed by atoms with E-state index in [1.54, 1.807) is 7.11 Å². The van der Waals surface area contributed by atoms with E-state index in [0.717, 1.165) is 39.1 Å². The molecule has 158 valence electrons. The first-order valence-electron chi connectivity index (χ1n) is 10.6. The summed E-state index contributed by atoms with van der Waals surface area (Å²) in [5.41, 5.74) is 4.05. The largest absolute Gasteiger partial charge is 0.494 e. The van der Waals surface area contributed by atoms with E-state index in [1.165, 1.54) is 5.56 Å². The van der Waals surface area contributed by atoms with Gasteiger partial charge in [-0.1, -0.05) is 60.7 Å². The third-order valence-electron chi connectivity index (χ3n) is 5.48. The molecular weight excluding hydrogens is 396 g/mol. The summed E-state index contributed by atoms with van der Waals surface area (Å²) in [5, 5.41) is 5.59. The molecule has 0 aliphatic rings. The van der Waals surface area contributed by atoms with E-state index >= 15 is 0 Å². The Balaban J connectivity index is 1.72. The van der Waals surface area contributed by atoms with Crippen LogP contribution in [0.25, 0.3) is 33.8 Å². The lowest BCUT2D eigenvalue weighted by atomic mass is 10.2. The minimum absolute atomic E-state index is 0.604. The number of benzene rings is 3. The van der Waals surface area contributed by atoms with Crippen molar-refractivity contribution in [2.45, 2.75) is 13.5 Å². The van der Waals surface area contributed by atoms with Crippen molar-refractivity contribution in [2.75, 3.05) is 12.4 Å². The fraction of sp³-hybridized carbons (Fsp3) is 0.111. The molecule has 1 N–H and O–H groups in total. The van der Waals surface area contributed by atoms with Crippen LogP contribution in [0.5, 0.6) is 5.75 Å². The van der Waals surface area contributed by atoms with Crippen LogP contribution in [0.2, 0.25) is 0 Å². The van der Waals surface area contributed by atoms with Crippen molar-refractivity contribution in [3.8, 4) is 11.7 Å². The lowest BCUT2D eigenvalue weighted by molar-refractivity contribution is 0.419. The number of fused-ring (bicyclic) bond motifs is 2. The van der Waals surface area contributed by atoms with E-state index in [2.05, 4.69) is 46.3 Å². The number of nitrogens with zero attached hydrogens (tertiary/aromatic N) is 3. The van der Waals surface area contributed by atoms with Crippen LogP contribution in [0.4, 0.5) is 5.82 Å². The minimum atomic E-state index is 0.604. The first-order valence-corrected chi connectivity index (χ1v) is 10.6. The van der Waals surface area contributed by atoms with E-state index in [4.69, 9.17) is 14.7 Å². The quantitative estimate of drug-likeness (QED) is 0.354. The van der Waals surface area contributed by atoms with E-state index in [-0.39, 0.29) is 0 Å². The van der Waals surface area contributed by atoms with Gasteiger partial charge in [-0.3, -0.25) is 4.57 Å². The molecule has 2 aromatic heterocycles. The molecule has 5 aromatic rings. The molecule has 0 radical (unpaired) electrons. The van der Waals surface area contributed by atoms with Crippen molar-refractivity contribution in [3.63, 3.8) is 0 Å². The molecule has 0 unspecified atom stereocenters. The zero-order valence-corrected chi connectivity index (χ0v) is 18.1. The van der Waals surface area contributed by atoms with Crippen LogP contribution in [-0.4, -0.2) is 21.6 Å². The SMILES string of the molecule is CC=Cc1cc2ccccc2n1-c1nc(NCc2ccccc2)c2cccc(OC)c2n1. The van der Waals surface area contributed by atoms with Crippen LogP contribution in [0.3, 0.4) is 0 Å². The Kier molecular flexibility index (Phi) is 5.30. The van der Waals surface area contributed by atoms with Gasteiger partial charge in [-0.05, 0) is 42.8 Å². The highest BCUT2D eigenvalue weighted by molar-refractivity contribution is 5.94. The number of hydrogen-bond donors (Lipinski definition) is 1. The summed E-state index contributed by atoms with van der Waals surface area (Å²) in [6.45, 7) is 2.68.